The molecule has 1 unspecified atom stereocenters. The molecule has 5 N–H and O–H groups in total. The van der Waals surface area contributed by atoms with Gasteiger partial charge in [0.25, 0.3) is 11.8 Å². The second kappa shape index (κ2) is 9.95. The summed E-state index contributed by atoms with van der Waals surface area (Å²) in [5, 5.41) is 28.0. The zero-order valence-corrected chi connectivity index (χ0v) is 24.2. The van der Waals surface area contributed by atoms with E-state index in [1.54, 1.807) is 6.20 Å². The van der Waals surface area contributed by atoms with Gasteiger partial charge in [-0.3, -0.25) is 9.59 Å². The summed E-state index contributed by atoms with van der Waals surface area (Å²) in [6.45, 7) is 5.68. The van der Waals surface area contributed by atoms with E-state index < -0.39 is 11.7 Å². The number of hydrogen-bond acceptors (Lipinski definition) is 8. The van der Waals surface area contributed by atoms with E-state index in [9.17, 15) is 19.8 Å². The van der Waals surface area contributed by atoms with Crippen molar-refractivity contribution in [3.8, 4) is 11.3 Å². The molecule has 3 fully saturated rings. The summed E-state index contributed by atoms with van der Waals surface area (Å²) < 4.78 is 1.52. The number of β-amino-alcohol motifs (C(OH)–C–C–N with tert-alkyl or cyclic N) is 1. The molecule has 3 aromatic rings. The van der Waals surface area contributed by atoms with Crippen LogP contribution >= 0.6 is 0 Å². The topological polar surface area (TPSA) is 149 Å². The van der Waals surface area contributed by atoms with Crippen LogP contribution in [0.5, 0.6) is 0 Å². The summed E-state index contributed by atoms with van der Waals surface area (Å²) in [6.07, 6.45) is 6.93. The standard InChI is InChI=1S/C31H39N7O4/c1-17(18-3-4-18)37-15-20-13-19(14-24(25(20)30(37)41)36-11-7-22(39)16-36)23-8-12-38-28(34-23)26(27(32)35-38)29(40)33-21-5-9-31(2,42)10-6-21/h8,12-14,17-18,21-22,39,42H,3-7,9-11,15-16H2,1-2H3,(H2,32,35)(H,33,40)/t17?,21?,22-,31?/m1/s1. The van der Waals surface area contributed by atoms with Crippen molar-refractivity contribution in [1.82, 2.24) is 24.8 Å². The number of nitrogens with one attached hydrogen (secondary N) is 1. The van der Waals surface area contributed by atoms with Gasteiger partial charge < -0.3 is 31.1 Å². The number of aliphatic hydroxyl groups is 2. The lowest BCUT2D eigenvalue weighted by molar-refractivity contribution is 0.0140. The molecule has 2 aliphatic carbocycles. The Labute approximate surface area is 244 Å². The van der Waals surface area contributed by atoms with Crippen LogP contribution in [0.15, 0.2) is 24.4 Å². The van der Waals surface area contributed by atoms with Gasteiger partial charge in [-0.05, 0) is 88.5 Å². The van der Waals surface area contributed by atoms with Crippen LogP contribution < -0.4 is 16.0 Å². The molecule has 11 nitrogen and oxygen atoms in total. The van der Waals surface area contributed by atoms with E-state index in [1.165, 1.54) is 4.52 Å². The van der Waals surface area contributed by atoms with E-state index in [-0.39, 0.29) is 35.3 Å². The third-order valence-corrected chi connectivity index (χ3v) is 9.75. The van der Waals surface area contributed by atoms with Crippen molar-refractivity contribution in [2.75, 3.05) is 23.7 Å². The van der Waals surface area contributed by atoms with Crippen molar-refractivity contribution in [3.05, 3.63) is 41.1 Å². The van der Waals surface area contributed by atoms with Crippen LogP contribution in [0.3, 0.4) is 0 Å². The number of fused-ring (bicyclic) bond motifs is 2. The zero-order chi connectivity index (χ0) is 29.3. The van der Waals surface area contributed by atoms with Crippen LogP contribution in [0.1, 0.15) is 85.1 Å². The molecule has 0 radical (unpaired) electrons. The molecule has 4 aliphatic rings. The Morgan fingerprint density at radius 1 is 1.19 bits per heavy atom. The van der Waals surface area contributed by atoms with Crippen LogP contribution in [-0.2, 0) is 6.54 Å². The molecular weight excluding hydrogens is 534 g/mol. The highest BCUT2D eigenvalue weighted by Gasteiger charge is 2.41. The monoisotopic (exact) mass is 573 g/mol. The minimum Gasteiger partial charge on any atom is -0.391 e. The van der Waals surface area contributed by atoms with Crippen LogP contribution in [0.4, 0.5) is 11.5 Å². The average Bonchev–Trinajstić information content (AvgIpc) is 3.51. The largest absolute Gasteiger partial charge is 0.391 e. The van der Waals surface area contributed by atoms with Gasteiger partial charge in [-0.15, -0.1) is 5.10 Å². The maximum absolute atomic E-state index is 13.7. The first-order valence-electron chi connectivity index (χ1n) is 15.2. The lowest BCUT2D eigenvalue weighted by Gasteiger charge is -2.33. The van der Waals surface area contributed by atoms with Crippen molar-refractivity contribution >= 4 is 29.0 Å². The Morgan fingerprint density at radius 3 is 2.64 bits per heavy atom. The van der Waals surface area contributed by atoms with Gasteiger partial charge in [0.1, 0.15) is 5.56 Å². The Morgan fingerprint density at radius 2 is 1.95 bits per heavy atom. The molecule has 2 saturated carbocycles. The smallest absolute Gasteiger partial charge is 0.259 e. The number of amides is 2. The first-order valence-corrected chi connectivity index (χ1v) is 15.2. The first kappa shape index (κ1) is 27.2. The number of hydrogen-bond donors (Lipinski definition) is 4. The molecule has 1 saturated heterocycles. The number of nitrogen functional groups attached to an aromatic ring is 1. The molecule has 7 rings (SSSR count). The lowest BCUT2D eigenvalue weighted by atomic mass is 9.83. The highest BCUT2D eigenvalue weighted by atomic mass is 16.3. The van der Waals surface area contributed by atoms with E-state index in [1.807, 2.05) is 30.0 Å². The minimum atomic E-state index is -0.694. The number of aromatic nitrogens is 3. The number of carbonyl (C=O) groups excluding carboxylic acids is 2. The van der Waals surface area contributed by atoms with Gasteiger partial charge in [-0.25, -0.2) is 9.50 Å². The van der Waals surface area contributed by atoms with Gasteiger partial charge in [0.2, 0.25) is 0 Å². The fourth-order valence-electron chi connectivity index (χ4n) is 6.94. The summed E-state index contributed by atoms with van der Waals surface area (Å²) in [5.41, 5.74) is 10.1. The second-order valence-electron chi connectivity index (χ2n) is 13.0. The predicted octanol–water partition coefficient (Wildman–Crippen LogP) is 2.73. The second-order valence-corrected chi connectivity index (χ2v) is 13.0. The van der Waals surface area contributed by atoms with E-state index in [2.05, 4.69) is 22.2 Å². The fourth-order valence-corrected chi connectivity index (χ4v) is 6.94. The van der Waals surface area contributed by atoms with Crippen molar-refractivity contribution in [2.45, 2.75) is 89.1 Å². The third kappa shape index (κ3) is 4.78. The van der Waals surface area contributed by atoms with Gasteiger partial charge in [-0.1, -0.05) is 0 Å². The quantitative estimate of drug-likeness (QED) is 0.352. The summed E-state index contributed by atoms with van der Waals surface area (Å²) in [5.74, 6) is 0.399. The predicted molar refractivity (Wildman–Crippen MR) is 158 cm³/mol. The maximum Gasteiger partial charge on any atom is 0.259 e. The highest BCUT2D eigenvalue weighted by Crippen LogP contribution is 2.42. The third-order valence-electron chi connectivity index (χ3n) is 9.75. The normalized spacial score (nSPS) is 26.6. The molecule has 11 heteroatoms. The first-order chi connectivity index (χ1) is 20.1. The summed E-state index contributed by atoms with van der Waals surface area (Å²) >= 11 is 0. The highest BCUT2D eigenvalue weighted by molar-refractivity contribution is 6.06. The minimum absolute atomic E-state index is 0.0520. The van der Waals surface area contributed by atoms with E-state index in [0.29, 0.717) is 69.0 Å². The number of nitrogens with zero attached hydrogens (tertiary/aromatic N) is 5. The Balaban J connectivity index is 1.24. The fraction of sp³-hybridized carbons (Fsp3) is 0.548. The Kier molecular flexibility index (Phi) is 6.43. The molecule has 1 aromatic carbocycles. The molecular formula is C31H39N7O4. The number of rotatable bonds is 6. The average molecular weight is 574 g/mol. The zero-order valence-electron chi connectivity index (χ0n) is 24.2. The van der Waals surface area contributed by atoms with Crippen LogP contribution in [0.25, 0.3) is 16.9 Å². The van der Waals surface area contributed by atoms with Gasteiger partial charge in [0.05, 0.1) is 28.6 Å². The van der Waals surface area contributed by atoms with Crippen molar-refractivity contribution in [1.29, 1.82) is 0 Å². The lowest BCUT2D eigenvalue weighted by Crippen LogP contribution is -2.42. The number of aliphatic hydroxyl groups excluding tert-OH is 1. The molecule has 4 heterocycles. The number of benzene rings is 1. The van der Waals surface area contributed by atoms with Crippen molar-refractivity contribution in [3.63, 3.8) is 0 Å². The van der Waals surface area contributed by atoms with E-state index in [4.69, 9.17) is 10.7 Å². The molecule has 0 spiro atoms. The molecule has 222 valence electrons. The van der Waals surface area contributed by atoms with E-state index >= 15 is 0 Å². The molecule has 2 amide bonds. The maximum atomic E-state index is 13.7. The van der Waals surface area contributed by atoms with Crippen LogP contribution in [0, 0.1) is 5.92 Å². The SMILES string of the molecule is CC(C1CC1)N1Cc2cc(-c3ccn4nc(N)c(C(=O)NC5CCC(C)(O)CC5)c4n3)cc(N3CC[C@@H](O)C3)c2C1=O. The number of anilines is 2. The van der Waals surface area contributed by atoms with Crippen molar-refractivity contribution in [2.24, 2.45) is 5.92 Å². The van der Waals surface area contributed by atoms with Gasteiger partial charge in [-0.2, -0.15) is 0 Å². The van der Waals surface area contributed by atoms with Gasteiger partial charge >= 0.3 is 0 Å². The van der Waals surface area contributed by atoms with Crippen molar-refractivity contribution < 1.29 is 19.8 Å². The summed E-state index contributed by atoms with van der Waals surface area (Å²) in [4.78, 5) is 36.1. The summed E-state index contributed by atoms with van der Waals surface area (Å²) in [6, 6.07) is 6.01. The summed E-state index contributed by atoms with van der Waals surface area (Å²) in [7, 11) is 0. The molecule has 2 aromatic heterocycles. The van der Waals surface area contributed by atoms with Gasteiger partial charge in [0.15, 0.2) is 11.5 Å². The number of carbonyl (C=O) groups is 2. The molecule has 2 aliphatic heterocycles. The molecule has 42 heavy (non-hydrogen) atoms. The van der Waals surface area contributed by atoms with Crippen LogP contribution in [0.2, 0.25) is 0 Å². The Hall–Kier alpha value is -3.70. The molecule has 2 atom stereocenters. The molecule has 0 bridgehead atoms. The van der Waals surface area contributed by atoms with Gasteiger partial charge in [0, 0.05) is 43.5 Å². The Bertz CT molecular complexity index is 1570. The van der Waals surface area contributed by atoms with E-state index in [0.717, 1.165) is 35.2 Å². The van der Waals surface area contributed by atoms with Crippen LogP contribution in [-0.4, -0.2) is 78.4 Å². The number of nitrogens with two attached hydrogens (primary N) is 1.